The maximum atomic E-state index is 13.6. The minimum atomic E-state index is -3.18. The van der Waals surface area contributed by atoms with Crippen LogP contribution >= 0.6 is 0 Å². The molecular weight excluding hydrogens is 246 g/mol. The van der Waals surface area contributed by atoms with Gasteiger partial charge in [-0.1, -0.05) is 35.4 Å². The molecule has 1 aromatic rings. The number of allylic oxidation sites excluding steroid dienone is 2. The molecule has 0 heterocycles. The molecule has 0 bridgehead atoms. The molecule has 1 aromatic carbocycles. The Morgan fingerprint density at radius 1 is 1.26 bits per heavy atom. The Labute approximate surface area is 113 Å². The van der Waals surface area contributed by atoms with Gasteiger partial charge >= 0.3 is 0 Å². The summed E-state index contributed by atoms with van der Waals surface area (Å²) < 4.78 is 27.2. The van der Waals surface area contributed by atoms with E-state index in [1.165, 1.54) is 42.5 Å². The van der Waals surface area contributed by atoms with Crippen molar-refractivity contribution < 1.29 is 13.9 Å². The molecule has 1 N–H and O–H groups in total. The highest BCUT2D eigenvalue weighted by Crippen LogP contribution is 2.33. The quantitative estimate of drug-likeness (QED) is 0.810. The van der Waals surface area contributed by atoms with E-state index in [1.807, 2.05) is 0 Å². The van der Waals surface area contributed by atoms with Crippen molar-refractivity contribution in [3.8, 4) is 0 Å². The van der Waals surface area contributed by atoms with Gasteiger partial charge < -0.3 is 5.11 Å². The highest BCUT2D eigenvalue weighted by Gasteiger charge is 2.37. The van der Waals surface area contributed by atoms with E-state index >= 15 is 0 Å². The summed E-state index contributed by atoms with van der Waals surface area (Å²) in [4.78, 5) is 0. The number of hydrogen-bond donors (Lipinski definition) is 1. The lowest BCUT2D eigenvalue weighted by Gasteiger charge is -2.21. The maximum Gasteiger partial charge on any atom is 0.298 e. The van der Waals surface area contributed by atoms with Gasteiger partial charge in [-0.2, -0.15) is 8.78 Å². The molecule has 0 spiro atoms. The Hall–Kier alpha value is -1.22. The van der Waals surface area contributed by atoms with Crippen LogP contribution in [0.15, 0.2) is 35.4 Å². The lowest BCUT2D eigenvalue weighted by atomic mass is 9.86. The minimum absolute atomic E-state index is 0.125. The molecular formula is C16H20F2O. The average Bonchev–Trinajstić information content (AvgIpc) is 2.27. The summed E-state index contributed by atoms with van der Waals surface area (Å²) in [6.07, 6.45) is 2.80. The van der Waals surface area contributed by atoms with E-state index in [1.54, 1.807) is 12.1 Å². The first kappa shape index (κ1) is 14.2. The molecule has 0 aliphatic heterocycles. The van der Waals surface area contributed by atoms with E-state index in [2.05, 4.69) is 6.92 Å². The second-order valence-electron chi connectivity index (χ2n) is 5.41. The summed E-state index contributed by atoms with van der Waals surface area (Å²) in [5, 5.41) is 9.10. The first-order valence-electron chi connectivity index (χ1n) is 6.74. The van der Waals surface area contributed by atoms with Crippen molar-refractivity contribution in [3.63, 3.8) is 0 Å². The molecule has 0 radical (unpaired) electrons. The third kappa shape index (κ3) is 3.03. The van der Waals surface area contributed by atoms with Gasteiger partial charge in [-0.05, 0) is 45.1 Å². The molecule has 1 unspecified atom stereocenters. The normalized spacial score (nSPS) is 17.0. The van der Waals surface area contributed by atoms with Crippen molar-refractivity contribution in [2.75, 3.05) is 0 Å². The molecule has 1 atom stereocenters. The molecule has 1 nitrogen and oxygen atoms in total. The zero-order chi connectivity index (χ0) is 14.0. The van der Waals surface area contributed by atoms with E-state index < -0.39 is 12.0 Å². The SMILES string of the molecule is CC(Cc1ccc(C(F)(F)C(C)O)cc1)=C1CCC1. The number of benzene rings is 1. The van der Waals surface area contributed by atoms with E-state index in [-0.39, 0.29) is 5.56 Å². The zero-order valence-corrected chi connectivity index (χ0v) is 11.4. The monoisotopic (exact) mass is 266 g/mol. The summed E-state index contributed by atoms with van der Waals surface area (Å²) in [7, 11) is 0. The molecule has 104 valence electrons. The number of alkyl halides is 2. The van der Waals surface area contributed by atoms with Gasteiger partial charge in [0.2, 0.25) is 0 Å². The molecule has 1 saturated carbocycles. The molecule has 1 aliphatic carbocycles. The van der Waals surface area contributed by atoms with Gasteiger partial charge in [0, 0.05) is 5.56 Å². The van der Waals surface area contributed by atoms with Crippen molar-refractivity contribution in [1.29, 1.82) is 0 Å². The average molecular weight is 266 g/mol. The summed E-state index contributed by atoms with van der Waals surface area (Å²) in [5.41, 5.74) is 3.79. The van der Waals surface area contributed by atoms with Crippen LogP contribution in [-0.4, -0.2) is 11.2 Å². The number of halogens is 2. The van der Waals surface area contributed by atoms with Crippen molar-refractivity contribution >= 4 is 0 Å². The second kappa shape index (κ2) is 5.41. The fourth-order valence-corrected chi connectivity index (χ4v) is 2.30. The predicted molar refractivity (Wildman–Crippen MR) is 72.3 cm³/mol. The number of hydrogen-bond acceptors (Lipinski definition) is 1. The molecule has 19 heavy (non-hydrogen) atoms. The van der Waals surface area contributed by atoms with Gasteiger partial charge in [0.05, 0.1) is 0 Å². The Balaban J connectivity index is 2.10. The van der Waals surface area contributed by atoms with E-state index in [9.17, 15) is 8.78 Å². The van der Waals surface area contributed by atoms with Crippen molar-refractivity contribution in [2.24, 2.45) is 0 Å². The van der Waals surface area contributed by atoms with Gasteiger partial charge in [0.1, 0.15) is 6.10 Å². The minimum Gasteiger partial charge on any atom is -0.387 e. The van der Waals surface area contributed by atoms with Crippen molar-refractivity contribution in [1.82, 2.24) is 0 Å². The van der Waals surface area contributed by atoms with E-state index in [4.69, 9.17) is 5.11 Å². The number of aliphatic hydroxyl groups excluding tert-OH is 1. The van der Waals surface area contributed by atoms with Crippen molar-refractivity contribution in [3.05, 3.63) is 46.5 Å². The fourth-order valence-electron chi connectivity index (χ4n) is 2.30. The lowest BCUT2D eigenvalue weighted by Crippen LogP contribution is -2.27. The van der Waals surface area contributed by atoms with E-state index in [0.29, 0.717) is 0 Å². The molecule has 1 aliphatic rings. The first-order chi connectivity index (χ1) is 8.91. The van der Waals surface area contributed by atoms with Crippen LogP contribution in [0.25, 0.3) is 0 Å². The zero-order valence-electron chi connectivity index (χ0n) is 11.4. The van der Waals surface area contributed by atoms with Gasteiger partial charge in [0.15, 0.2) is 0 Å². The van der Waals surface area contributed by atoms with Gasteiger partial charge in [-0.15, -0.1) is 0 Å². The Bertz CT molecular complexity index is 466. The third-order valence-electron chi connectivity index (χ3n) is 3.89. The Morgan fingerprint density at radius 3 is 2.26 bits per heavy atom. The molecule has 3 heteroatoms. The van der Waals surface area contributed by atoms with Gasteiger partial charge in [-0.3, -0.25) is 0 Å². The third-order valence-corrected chi connectivity index (χ3v) is 3.89. The summed E-state index contributed by atoms with van der Waals surface area (Å²) in [5.74, 6) is -3.18. The predicted octanol–water partition coefficient (Wildman–Crippen LogP) is 4.20. The number of rotatable bonds is 4. The molecule has 0 aromatic heterocycles. The van der Waals surface area contributed by atoms with Crippen LogP contribution < -0.4 is 0 Å². The highest BCUT2D eigenvalue weighted by molar-refractivity contribution is 5.31. The van der Waals surface area contributed by atoms with E-state index in [0.717, 1.165) is 18.9 Å². The van der Waals surface area contributed by atoms with Crippen LogP contribution in [-0.2, 0) is 12.3 Å². The van der Waals surface area contributed by atoms with Crippen LogP contribution in [0.2, 0.25) is 0 Å². The van der Waals surface area contributed by atoms with Gasteiger partial charge in [-0.25, -0.2) is 0 Å². The maximum absolute atomic E-state index is 13.6. The second-order valence-corrected chi connectivity index (χ2v) is 5.41. The van der Waals surface area contributed by atoms with Crippen LogP contribution in [0, 0.1) is 0 Å². The smallest absolute Gasteiger partial charge is 0.298 e. The van der Waals surface area contributed by atoms with Gasteiger partial charge in [0.25, 0.3) is 5.92 Å². The summed E-state index contributed by atoms with van der Waals surface area (Å²) in [6, 6.07) is 6.30. The molecule has 0 saturated heterocycles. The Morgan fingerprint density at radius 2 is 1.84 bits per heavy atom. The molecule has 0 amide bonds. The molecule has 2 rings (SSSR count). The van der Waals surface area contributed by atoms with Crippen LogP contribution in [0.4, 0.5) is 8.78 Å². The highest BCUT2D eigenvalue weighted by atomic mass is 19.3. The van der Waals surface area contributed by atoms with Crippen LogP contribution in [0.5, 0.6) is 0 Å². The van der Waals surface area contributed by atoms with Crippen LogP contribution in [0.1, 0.15) is 44.2 Å². The molecule has 1 fully saturated rings. The lowest BCUT2D eigenvalue weighted by molar-refractivity contribution is -0.106. The fraction of sp³-hybridized carbons (Fsp3) is 0.500. The topological polar surface area (TPSA) is 20.2 Å². The first-order valence-corrected chi connectivity index (χ1v) is 6.74. The Kier molecular flexibility index (Phi) is 4.04. The summed E-state index contributed by atoms with van der Waals surface area (Å²) in [6.45, 7) is 3.23. The largest absolute Gasteiger partial charge is 0.387 e. The standard InChI is InChI=1S/C16H20F2O/c1-11(14-4-3-5-14)10-13-6-8-15(9-7-13)16(17,18)12(2)19/h6-9,12,19H,3-5,10H2,1-2H3. The van der Waals surface area contributed by atoms with Crippen LogP contribution in [0.3, 0.4) is 0 Å². The number of aliphatic hydroxyl groups is 1. The summed E-state index contributed by atoms with van der Waals surface area (Å²) >= 11 is 0. The van der Waals surface area contributed by atoms with Crippen molar-refractivity contribution in [2.45, 2.75) is 51.6 Å².